The van der Waals surface area contributed by atoms with Crippen LogP contribution in [-0.2, 0) is 22.4 Å². The van der Waals surface area contributed by atoms with Crippen molar-refractivity contribution in [3.63, 3.8) is 0 Å². The van der Waals surface area contributed by atoms with Gasteiger partial charge in [0.2, 0.25) is 11.8 Å². The number of fused-ring (bicyclic) bond motifs is 4. The number of para-hydroxylation sites is 1. The normalized spacial score (nSPS) is 12.8. The minimum atomic E-state index is -0.665. The highest BCUT2D eigenvalue weighted by molar-refractivity contribution is 5.98. The van der Waals surface area contributed by atoms with Crippen molar-refractivity contribution >= 4 is 28.4 Å². The van der Waals surface area contributed by atoms with Crippen LogP contribution in [0.4, 0.5) is 5.69 Å². The Morgan fingerprint density at radius 3 is 2.61 bits per heavy atom. The predicted octanol–water partition coefficient (Wildman–Crippen LogP) is 4.43. The molecule has 0 spiro atoms. The third kappa shape index (κ3) is 3.70. The molecule has 3 N–H and O–H groups in total. The van der Waals surface area contributed by atoms with E-state index in [4.69, 9.17) is 0 Å². The van der Waals surface area contributed by atoms with Crippen molar-refractivity contribution < 1.29 is 9.59 Å². The summed E-state index contributed by atoms with van der Waals surface area (Å²) in [4.78, 5) is 28.1. The van der Waals surface area contributed by atoms with Gasteiger partial charge in [-0.05, 0) is 52.4 Å². The van der Waals surface area contributed by atoms with Gasteiger partial charge in [-0.15, -0.1) is 0 Å². The summed E-state index contributed by atoms with van der Waals surface area (Å²) in [6, 6.07) is 21.7. The highest BCUT2D eigenvalue weighted by Gasteiger charge is 2.23. The lowest BCUT2D eigenvalue weighted by molar-refractivity contribution is -0.125. The van der Waals surface area contributed by atoms with Gasteiger partial charge in [0.05, 0.1) is 0 Å². The molecule has 5 rings (SSSR count). The molecular formula is C26H23N3O2. The number of rotatable bonds is 5. The van der Waals surface area contributed by atoms with E-state index in [1.807, 2.05) is 48.7 Å². The van der Waals surface area contributed by atoms with Gasteiger partial charge in [0.15, 0.2) is 0 Å². The molecule has 0 saturated carbocycles. The summed E-state index contributed by atoms with van der Waals surface area (Å²) in [6.45, 7) is 1.43. The Bertz CT molecular complexity index is 1310. The van der Waals surface area contributed by atoms with Crippen molar-refractivity contribution in [2.24, 2.45) is 0 Å². The van der Waals surface area contributed by atoms with E-state index in [0.29, 0.717) is 6.42 Å². The molecule has 0 saturated heterocycles. The lowest BCUT2D eigenvalue weighted by atomic mass is 10.0. The Balaban J connectivity index is 1.37. The van der Waals surface area contributed by atoms with Gasteiger partial charge in [-0.25, -0.2) is 0 Å². The first-order chi connectivity index (χ1) is 15.1. The molecule has 0 aliphatic heterocycles. The van der Waals surface area contributed by atoms with Gasteiger partial charge in [-0.2, -0.15) is 0 Å². The number of carbonyl (C=O) groups excluding carboxylic acids is 2. The number of hydrogen-bond donors (Lipinski definition) is 3. The zero-order valence-corrected chi connectivity index (χ0v) is 17.2. The molecular weight excluding hydrogens is 386 g/mol. The molecule has 1 aliphatic carbocycles. The highest BCUT2D eigenvalue weighted by atomic mass is 16.2. The maximum atomic E-state index is 13.1. The summed E-state index contributed by atoms with van der Waals surface area (Å²) in [5.74, 6) is -0.458. The molecule has 3 aromatic carbocycles. The number of hydrogen-bond acceptors (Lipinski definition) is 2. The van der Waals surface area contributed by atoms with E-state index in [1.165, 1.54) is 29.2 Å². The standard InChI is InChI=1S/C26H23N3O2/c1-16(30)28-25(14-19-15-27-24-9-5-4-8-23(19)24)26(31)29-20-10-11-22-18(13-20)12-17-6-2-3-7-21(17)22/h2-11,13,15,25,27H,12,14H2,1H3,(H,28,30)(H,29,31). The Labute approximate surface area is 180 Å². The second-order valence-electron chi connectivity index (χ2n) is 8.01. The Hall–Kier alpha value is -3.86. The lowest BCUT2D eigenvalue weighted by Crippen LogP contribution is -2.44. The van der Waals surface area contributed by atoms with Crippen molar-refractivity contribution in [2.75, 3.05) is 5.32 Å². The molecule has 154 valence electrons. The first-order valence-electron chi connectivity index (χ1n) is 10.4. The van der Waals surface area contributed by atoms with E-state index in [0.717, 1.165) is 28.6 Å². The topological polar surface area (TPSA) is 74.0 Å². The van der Waals surface area contributed by atoms with Crippen LogP contribution in [0.2, 0.25) is 0 Å². The number of anilines is 1. The minimum absolute atomic E-state index is 0.226. The fraction of sp³-hybridized carbons (Fsp3) is 0.154. The monoisotopic (exact) mass is 409 g/mol. The molecule has 5 nitrogen and oxygen atoms in total. The highest BCUT2D eigenvalue weighted by Crippen LogP contribution is 2.37. The van der Waals surface area contributed by atoms with E-state index in [-0.39, 0.29) is 11.8 Å². The number of amides is 2. The third-order valence-electron chi connectivity index (χ3n) is 5.85. The predicted molar refractivity (Wildman–Crippen MR) is 123 cm³/mol. The molecule has 1 unspecified atom stereocenters. The average Bonchev–Trinajstić information content (AvgIpc) is 3.34. The van der Waals surface area contributed by atoms with Crippen LogP contribution < -0.4 is 10.6 Å². The zero-order valence-electron chi connectivity index (χ0n) is 17.2. The zero-order chi connectivity index (χ0) is 21.4. The van der Waals surface area contributed by atoms with Crippen LogP contribution in [0.1, 0.15) is 23.6 Å². The van der Waals surface area contributed by atoms with Crippen molar-refractivity contribution in [2.45, 2.75) is 25.8 Å². The maximum Gasteiger partial charge on any atom is 0.247 e. The Morgan fingerprint density at radius 1 is 0.968 bits per heavy atom. The van der Waals surface area contributed by atoms with Gasteiger partial charge in [0.1, 0.15) is 6.04 Å². The molecule has 4 aromatic rings. The average molecular weight is 409 g/mol. The smallest absolute Gasteiger partial charge is 0.247 e. The summed E-state index contributed by atoms with van der Waals surface area (Å²) < 4.78 is 0. The molecule has 5 heteroatoms. The van der Waals surface area contributed by atoms with E-state index < -0.39 is 6.04 Å². The van der Waals surface area contributed by atoms with Crippen molar-refractivity contribution in [3.05, 3.63) is 89.6 Å². The fourth-order valence-corrected chi connectivity index (χ4v) is 4.43. The van der Waals surface area contributed by atoms with Crippen LogP contribution in [0.3, 0.4) is 0 Å². The molecule has 0 bridgehead atoms. The van der Waals surface area contributed by atoms with Crippen molar-refractivity contribution in [3.8, 4) is 11.1 Å². The quantitative estimate of drug-likeness (QED) is 0.402. The number of benzene rings is 3. The third-order valence-corrected chi connectivity index (χ3v) is 5.85. The van der Waals surface area contributed by atoms with Crippen molar-refractivity contribution in [1.82, 2.24) is 10.3 Å². The van der Waals surface area contributed by atoms with Gasteiger partial charge < -0.3 is 15.6 Å². The van der Waals surface area contributed by atoms with E-state index in [9.17, 15) is 9.59 Å². The first kappa shape index (κ1) is 19.1. The van der Waals surface area contributed by atoms with Crippen LogP contribution in [0.5, 0.6) is 0 Å². The number of aromatic amines is 1. The Morgan fingerprint density at radius 2 is 1.74 bits per heavy atom. The minimum Gasteiger partial charge on any atom is -0.361 e. The van der Waals surface area contributed by atoms with E-state index in [1.54, 1.807) is 0 Å². The molecule has 2 amide bonds. The van der Waals surface area contributed by atoms with Crippen LogP contribution in [0, 0.1) is 0 Å². The summed E-state index contributed by atoms with van der Waals surface area (Å²) in [7, 11) is 0. The molecule has 1 heterocycles. The van der Waals surface area contributed by atoms with Gasteiger partial charge >= 0.3 is 0 Å². The van der Waals surface area contributed by atoms with Gasteiger partial charge in [-0.3, -0.25) is 9.59 Å². The number of aromatic nitrogens is 1. The van der Waals surface area contributed by atoms with Crippen molar-refractivity contribution in [1.29, 1.82) is 0 Å². The van der Waals surface area contributed by atoms with Gasteiger partial charge in [0.25, 0.3) is 0 Å². The van der Waals surface area contributed by atoms with E-state index >= 15 is 0 Å². The molecule has 1 atom stereocenters. The van der Waals surface area contributed by atoms with Gasteiger partial charge in [-0.1, -0.05) is 48.5 Å². The second-order valence-corrected chi connectivity index (χ2v) is 8.01. The van der Waals surface area contributed by atoms with Gasteiger partial charge in [0, 0.05) is 36.1 Å². The first-order valence-corrected chi connectivity index (χ1v) is 10.4. The maximum absolute atomic E-state index is 13.1. The van der Waals surface area contributed by atoms with Crippen LogP contribution in [0.15, 0.2) is 72.9 Å². The summed E-state index contributed by atoms with van der Waals surface area (Å²) in [5, 5.41) is 6.86. The molecule has 1 aromatic heterocycles. The molecule has 0 radical (unpaired) electrons. The largest absolute Gasteiger partial charge is 0.361 e. The number of H-pyrrole nitrogens is 1. The SMILES string of the molecule is CC(=O)NC(Cc1c[nH]c2ccccc12)C(=O)Nc1ccc2c(c1)Cc1ccccc1-2. The lowest BCUT2D eigenvalue weighted by Gasteiger charge is -2.18. The van der Waals surface area contributed by atoms with Crippen LogP contribution in [-0.4, -0.2) is 22.8 Å². The van der Waals surface area contributed by atoms with Crippen LogP contribution in [0.25, 0.3) is 22.0 Å². The molecule has 1 aliphatic rings. The number of nitrogens with one attached hydrogen (secondary N) is 3. The molecule has 0 fully saturated rings. The van der Waals surface area contributed by atoms with E-state index in [2.05, 4.69) is 39.9 Å². The summed E-state index contributed by atoms with van der Waals surface area (Å²) in [6.07, 6.45) is 3.17. The summed E-state index contributed by atoms with van der Waals surface area (Å²) >= 11 is 0. The number of carbonyl (C=O) groups is 2. The van der Waals surface area contributed by atoms with Crippen LogP contribution >= 0.6 is 0 Å². The molecule has 31 heavy (non-hydrogen) atoms. The summed E-state index contributed by atoms with van der Waals surface area (Å²) in [5.41, 5.74) is 7.72. The Kier molecular flexibility index (Phi) is 4.79. The fourth-order valence-electron chi connectivity index (χ4n) is 4.43. The second kappa shape index (κ2) is 7.76.